The molecule has 3 aromatic rings. The molecule has 1 fully saturated rings. The second kappa shape index (κ2) is 9.24. The molecule has 2 aromatic carbocycles. The van der Waals surface area contributed by atoms with Crippen LogP contribution in [0.25, 0.3) is 0 Å². The van der Waals surface area contributed by atoms with Gasteiger partial charge < -0.3 is 19.7 Å². The lowest BCUT2D eigenvalue weighted by molar-refractivity contribution is -0.138. The number of aryl methyl sites for hydroxylation is 1. The number of alkyl halides is 3. The summed E-state index contributed by atoms with van der Waals surface area (Å²) >= 11 is 0. The first-order valence-electron chi connectivity index (χ1n) is 12.1. The zero-order chi connectivity index (χ0) is 25.6. The van der Waals surface area contributed by atoms with Gasteiger partial charge in [0.2, 0.25) is 0 Å². The Hall–Kier alpha value is -3.40. The maximum absolute atomic E-state index is 14.1. The number of rotatable bonds is 6. The number of anilines is 2. The van der Waals surface area contributed by atoms with Crippen LogP contribution in [0.4, 0.5) is 24.5 Å². The van der Waals surface area contributed by atoms with Crippen LogP contribution in [0.15, 0.2) is 42.7 Å². The summed E-state index contributed by atoms with van der Waals surface area (Å²) in [6.07, 6.45) is -1.42. The van der Waals surface area contributed by atoms with Crippen molar-refractivity contribution in [3.05, 3.63) is 70.8 Å². The van der Waals surface area contributed by atoms with Gasteiger partial charge in [0.15, 0.2) is 0 Å². The lowest BCUT2D eigenvalue weighted by atomic mass is 9.97. The van der Waals surface area contributed by atoms with Gasteiger partial charge in [0.25, 0.3) is 5.91 Å². The average molecular weight is 499 g/mol. The van der Waals surface area contributed by atoms with Gasteiger partial charge in [-0.25, -0.2) is 0 Å². The zero-order valence-corrected chi connectivity index (χ0v) is 20.5. The van der Waals surface area contributed by atoms with Gasteiger partial charge in [-0.1, -0.05) is 19.1 Å². The molecule has 0 spiro atoms. The Kier molecular flexibility index (Phi) is 6.23. The summed E-state index contributed by atoms with van der Waals surface area (Å²) in [5.74, 6) is 0.508. The van der Waals surface area contributed by atoms with Crippen LogP contribution < -0.4 is 15.1 Å². The second-order valence-corrected chi connectivity index (χ2v) is 9.72. The molecule has 1 unspecified atom stereocenters. The van der Waals surface area contributed by atoms with Gasteiger partial charge in [-0.05, 0) is 54.3 Å². The van der Waals surface area contributed by atoms with Crippen molar-refractivity contribution >= 4 is 17.3 Å². The van der Waals surface area contributed by atoms with Gasteiger partial charge >= 0.3 is 6.18 Å². The van der Waals surface area contributed by atoms with Crippen LogP contribution in [0.5, 0.6) is 0 Å². The van der Waals surface area contributed by atoms with Crippen molar-refractivity contribution in [3.8, 4) is 0 Å². The van der Waals surface area contributed by atoms with Gasteiger partial charge in [-0.15, -0.1) is 10.2 Å². The highest BCUT2D eigenvalue weighted by Crippen LogP contribution is 2.41. The topological polar surface area (TPSA) is 66.3 Å². The molecule has 0 radical (unpaired) electrons. The fourth-order valence-electron chi connectivity index (χ4n) is 5.12. The first-order chi connectivity index (χ1) is 17.1. The molecule has 10 heteroatoms. The van der Waals surface area contributed by atoms with Crippen molar-refractivity contribution in [2.75, 3.05) is 29.9 Å². The summed E-state index contributed by atoms with van der Waals surface area (Å²) < 4.78 is 44.2. The number of hydrogen-bond acceptors (Lipinski definition) is 5. The fraction of sp³-hybridized carbons (Fsp3) is 0.423. The standard InChI is InChI=1S/C26H29F3N6O/c1-16(9-24-32-31-15-33(24)2)17-5-4-6-18(10-17)35-14-22-21(25(35)36)11-20(12-23(22)26(27,28)29)34(3)19-7-8-30-13-19/h4-6,10-12,15-16,19,30H,7-9,13-14H2,1-3H3/t16?,19-/m0/s1. The molecule has 1 aromatic heterocycles. The van der Waals surface area contributed by atoms with E-state index >= 15 is 0 Å². The summed E-state index contributed by atoms with van der Waals surface area (Å²) in [6.45, 7) is 3.47. The number of nitrogens with zero attached hydrogens (tertiary/aromatic N) is 5. The Bertz CT molecular complexity index is 1280. The van der Waals surface area contributed by atoms with Crippen LogP contribution >= 0.6 is 0 Å². The third kappa shape index (κ3) is 4.45. The molecule has 3 heterocycles. The zero-order valence-electron chi connectivity index (χ0n) is 20.5. The van der Waals surface area contributed by atoms with E-state index < -0.39 is 17.6 Å². The molecule has 5 rings (SSSR count). The molecular formula is C26H29F3N6O. The summed E-state index contributed by atoms with van der Waals surface area (Å²) in [6, 6.07) is 10.3. The largest absolute Gasteiger partial charge is 0.416 e. The van der Waals surface area contributed by atoms with Crippen LogP contribution in [-0.4, -0.2) is 46.9 Å². The van der Waals surface area contributed by atoms with E-state index in [4.69, 9.17) is 0 Å². The molecule has 2 aliphatic heterocycles. The predicted molar refractivity (Wildman–Crippen MR) is 131 cm³/mol. The molecule has 190 valence electrons. The Morgan fingerprint density at radius 1 is 1.25 bits per heavy atom. The number of aromatic nitrogens is 3. The normalized spacial score (nSPS) is 18.6. The van der Waals surface area contributed by atoms with Crippen molar-refractivity contribution in [1.29, 1.82) is 0 Å². The second-order valence-electron chi connectivity index (χ2n) is 9.72. The third-order valence-corrected chi connectivity index (χ3v) is 7.37. The van der Waals surface area contributed by atoms with Gasteiger partial charge in [0, 0.05) is 50.0 Å². The number of nitrogens with one attached hydrogen (secondary N) is 1. The highest BCUT2D eigenvalue weighted by molar-refractivity contribution is 6.11. The average Bonchev–Trinajstić information content (AvgIpc) is 3.59. The number of likely N-dealkylation sites (N-methyl/N-ethyl adjacent to an activating group) is 1. The molecule has 0 saturated carbocycles. The predicted octanol–water partition coefficient (Wildman–Crippen LogP) is 4.14. The molecule has 0 bridgehead atoms. The summed E-state index contributed by atoms with van der Waals surface area (Å²) in [5, 5.41) is 11.3. The van der Waals surface area contributed by atoms with Crippen molar-refractivity contribution in [3.63, 3.8) is 0 Å². The Balaban J connectivity index is 1.46. The monoisotopic (exact) mass is 498 g/mol. The maximum atomic E-state index is 14.1. The van der Waals surface area contributed by atoms with Gasteiger partial charge in [0.1, 0.15) is 12.2 Å². The third-order valence-electron chi connectivity index (χ3n) is 7.37. The minimum atomic E-state index is -4.56. The number of carbonyl (C=O) groups is 1. The summed E-state index contributed by atoms with van der Waals surface area (Å²) in [4.78, 5) is 16.8. The van der Waals surface area contributed by atoms with E-state index in [1.54, 1.807) is 25.5 Å². The van der Waals surface area contributed by atoms with E-state index in [1.165, 1.54) is 11.0 Å². The maximum Gasteiger partial charge on any atom is 0.416 e. The number of halogens is 3. The lowest BCUT2D eigenvalue weighted by Gasteiger charge is -2.27. The van der Waals surface area contributed by atoms with Crippen LogP contribution in [0.1, 0.15) is 52.1 Å². The van der Waals surface area contributed by atoms with Crippen molar-refractivity contribution < 1.29 is 18.0 Å². The smallest absolute Gasteiger partial charge is 0.370 e. The quantitative estimate of drug-likeness (QED) is 0.554. The van der Waals surface area contributed by atoms with Crippen LogP contribution in [0, 0.1) is 0 Å². The fourth-order valence-corrected chi connectivity index (χ4v) is 5.12. The summed E-state index contributed by atoms with van der Waals surface area (Å²) in [5.41, 5.74) is 1.39. The molecule has 36 heavy (non-hydrogen) atoms. The number of benzene rings is 2. The number of hydrogen-bond donors (Lipinski definition) is 1. The molecule has 1 N–H and O–H groups in total. The Morgan fingerprint density at radius 3 is 2.72 bits per heavy atom. The molecule has 0 aliphatic carbocycles. The molecule has 1 amide bonds. The van der Waals surface area contributed by atoms with Crippen LogP contribution in [0.3, 0.4) is 0 Å². The number of fused-ring (bicyclic) bond motifs is 1. The molecule has 7 nitrogen and oxygen atoms in total. The lowest BCUT2D eigenvalue weighted by Crippen LogP contribution is -2.33. The highest BCUT2D eigenvalue weighted by Gasteiger charge is 2.41. The van der Waals surface area contributed by atoms with E-state index in [9.17, 15) is 18.0 Å². The van der Waals surface area contributed by atoms with Crippen molar-refractivity contribution in [2.24, 2.45) is 7.05 Å². The van der Waals surface area contributed by atoms with Crippen molar-refractivity contribution in [1.82, 2.24) is 20.1 Å². The van der Waals surface area contributed by atoms with E-state index in [1.807, 2.05) is 34.7 Å². The van der Waals surface area contributed by atoms with Gasteiger partial charge in [-0.2, -0.15) is 13.2 Å². The molecule has 2 atom stereocenters. The number of amides is 1. The minimum absolute atomic E-state index is 0.0340. The van der Waals surface area contributed by atoms with E-state index in [-0.39, 0.29) is 29.6 Å². The molecular weight excluding hydrogens is 469 g/mol. The van der Waals surface area contributed by atoms with Crippen LogP contribution in [0.2, 0.25) is 0 Å². The Morgan fingerprint density at radius 2 is 2.06 bits per heavy atom. The van der Waals surface area contributed by atoms with Gasteiger partial charge in [-0.3, -0.25) is 4.79 Å². The van der Waals surface area contributed by atoms with E-state index in [2.05, 4.69) is 22.4 Å². The highest BCUT2D eigenvalue weighted by atomic mass is 19.4. The van der Waals surface area contributed by atoms with Crippen molar-refractivity contribution in [2.45, 2.75) is 44.4 Å². The van der Waals surface area contributed by atoms with E-state index in [0.29, 0.717) is 24.3 Å². The first kappa shape index (κ1) is 24.3. The Labute approximate surface area is 207 Å². The first-order valence-corrected chi connectivity index (χ1v) is 12.1. The van der Waals surface area contributed by atoms with Gasteiger partial charge in [0.05, 0.1) is 12.1 Å². The van der Waals surface area contributed by atoms with Crippen LogP contribution in [-0.2, 0) is 26.2 Å². The minimum Gasteiger partial charge on any atom is -0.370 e. The summed E-state index contributed by atoms with van der Waals surface area (Å²) in [7, 11) is 3.67. The number of carbonyl (C=O) groups excluding carboxylic acids is 1. The molecule has 1 saturated heterocycles. The van der Waals surface area contributed by atoms with E-state index in [0.717, 1.165) is 24.4 Å². The molecule has 2 aliphatic rings. The SMILES string of the molecule is CC(Cc1nncn1C)c1cccc(N2Cc3c(cc(N(C)[C@H]4CCNC4)cc3C(F)(F)F)C2=O)c1.